The second-order valence-electron chi connectivity index (χ2n) is 10.1. The van der Waals surface area contributed by atoms with Gasteiger partial charge in [-0.1, -0.05) is 30.2 Å². The van der Waals surface area contributed by atoms with Crippen molar-refractivity contribution in [1.82, 2.24) is 8.96 Å². The Bertz CT molecular complexity index is 1770. The average molecular weight is 568 g/mol. The predicted octanol–water partition coefficient (Wildman–Crippen LogP) is 5.15. The Morgan fingerprint density at radius 3 is 2.39 bits per heavy atom. The van der Waals surface area contributed by atoms with Gasteiger partial charge in [-0.3, -0.25) is 0 Å². The average Bonchev–Trinajstić information content (AvgIpc) is 3.41. The summed E-state index contributed by atoms with van der Waals surface area (Å²) in [5.74, 6) is 7.09. The smallest absolute Gasteiger partial charge is 0.270 e. The summed E-state index contributed by atoms with van der Waals surface area (Å²) in [5, 5.41) is 10.6. The van der Waals surface area contributed by atoms with E-state index in [2.05, 4.69) is 22.9 Å². The summed E-state index contributed by atoms with van der Waals surface area (Å²) in [7, 11) is -4.00. The van der Waals surface area contributed by atoms with Crippen LogP contribution in [0.3, 0.4) is 0 Å². The number of hydrogen-bond donors (Lipinski definition) is 0. The lowest BCUT2D eigenvalue weighted by atomic mass is 10.0. The number of ether oxygens (including phenoxy) is 3. The minimum absolute atomic E-state index is 0.00316. The molecule has 6 rings (SSSR count). The Labute approximate surface area is 239 Å². The van der Waals surface area contributed by atoms with E-state index in [1.165, 1.54) is 3.97 Å². The molecular formula is C32H29N3O5S. The Morgan fingerprint density at radius 2 is 1.66 bits per heavy atom. The van der Waals surface area contributed by atoms with Gasteiger partial charge >= 0.3 is 0 Å². The first-order valence-corrected chi connectivity index (χ1v) is 15.2. The molecule has 2 aromatic carbocycles. The van der Waals surface area contributed by atoms with E-state index < -0.39 is 10.0 Å². The number of benzene rings is 2. The highest BCUT2D eigenvalue weighted by Crippen LogP contribution is 2.35. The summed E-state index contributed by atoms with van der Waals surface area (Å²) < 4.78 is 46.1. The van der Waals surface area contributed by atoms with Crippen LogP contribution in [0.25, 0.3) is 22.2 Å². The molecule has 0 atom stereocenters. The minimum atomic E-state index is -4.00. The Morgan fingerprint density at radius 1 is 0.927 bits per heavy atom. The molecule has 4 aromatic rings. The summed E-state index contributed by atoms with van der Waals surface area (Å²) >= 11 is 0. The van der Waals surface area contributed by atoms with E-state index >= 15 is 0 Å². The highest BCUT2D eigenvalue weighted by molar-refractivity contribution is 7.90. The fourth-order valence-electron chi connectivity index (χ4n) is 5.23. The molecule has 0 saturated carbocycles. The van der Waals surface area contributed by atoms with Gasteiger partial charge < -0.3 is 14.2 Å². The van der Waals surface area contributed by atoms with Crippen molar-refractivity contribution in [2.24, 2.45) is 5.92 Å². The van der Waals surface area contributed by atoms with Crippen molar-refractivity contribution in [2.75, 3.05) is 26.4 Å². The fraction of sp³-hybridized carbons (Fsp3) is 0.312. The van der Waals surface area contributed by atoms with Crippen LogP contribution in [0.15, 0.2) is 71.8 Å². The Kier molecular flexibility index (Phi) is 7.76. The third-order valence-electron chi connectivity index (χ3n) is 7.44. The van der Waals surface area contributed by atoms with Crippen LogP contribution in [0.1, 0.15) is 36.9 Å². The molecule has 0 aliphatic carbocycles. The van der Waals surface area contributed by atoms with E-state index in [1.807, 2.05) is 12.1 Å². The maximum atomic E-state index is 13.9. The van der Waals surface area contributed by atoms with Crippen molar-refractivity contribution in [3.63, 3.8) is 0 Å². The standard InChI is InChI=1S/C32H29N3O5S/c33-22-25-20-24(7-9-31(25)40-27-13-18-39-19-14-27)29-10-15-34-32-30(29)21-26(8-6-23-11-16-38-17-12-23)35(32)41(36,37)28-4-2-1-3-5-28/h1-5,7,9-10,15,20-21,23,27H,11-14,16-19H2. The summed E-state index contributed by atoms with van der Waals surface area (Å²) in [5.41, 5.74) is 2.54. The number of rotatable bonds is 5. The van der Waals surface area contributed by atoms with Crippen LogP contribution >= 0.6 is 0 Å². The maximum absolute atomic E-state index is 13.9. The molecule has 0 bridgehead atoms. The van der Waals surface area contributed by atoms with Gasteiger partial charge in [0.1, 0.15) is 23.6 Å². The normalized spacial score (nSPS) is 16.6. The predicted molar refractivity (Wildman–Crippen MR) is 154 cm³/mol. The zero-order valence-corrected chi connectivity index (χ0v) is 23.3. The Hall–Kier alpha value is -4.15. The molecule has 2 saturated heterocycles. The number of nitrogens with zero attached hydrogens (tertiary/aromatic N) is 3. The lowest BCUT2D eigenvalue weighted by Crippen LogP contribution is -2.26. The third kappa shape index (κ3) is 5.57. The molecular weight excluding hydrogens is 538 g/mol. The summed E-state index contributed by atoms with van der Waals surface area (Å²) in [4.78, 5) is 4.66. The third-order valence-corrected chi connectivity index (χ3v) is 9.16. The maximum Gasteiger partial charge on any atom is 0.270 e. The minimum Gasteiger partial charge on any atom is -0.489 e. The molecule has 208 valence electrons. The lowest BCUT2D eigenvalue weighted by molar-refractivity contribution is 0.0254. The van der Waals surface area contributed by atoms with Crippen molar-refractivity contribution < 1.29 is 22.6 Å². The van der Waals surface area contributed by atoms with Crippen LogP contribution in [0.2, 0.25) is 0 Å². The summed E-state index contributed by atoms with van der Waals surface area (Å²) in [6.07, 6.45) is 4.76. The van der Waals surface area contributed by atoms with Crippen molar-refractivity contribution in [3.05, 3.63) is 78.1 Å². The first kappa shape index (κ1) is 27.0. The first-order valence-electron chi connectivity index (χ1n) is 13.7. The van der Waals surface area contributed by atoms with Gasteiger partial charge in [0.25, 0.3) is 10.0 Å². The molecule has 0 amide bonds. The molecule has 2 aliphatic heterocycles. The van der Waals surface area contributed by atoms with E-state index in [0.717, 1.165) is 36.8 Å². The number of hydrogen-bond acceptors (Lipinski definition) is 7. The van der Waals surface area contributed by atoms with Crippen LogP contribution < -0.4 is 4.74 Å². The van der Waals surface area contributed by atoms with Crippen molar-refractivity contribution in [2.45, 2.75) is 36.7 Å². The number of fused-ring (bicyclic) bond motifs is 1. The first-order chi connectivity index (χ1) is 20.0. The highest BCUT2D eigenvalue weighted by atomic mass is 32.2. The molecule has 9 heteroatoms. The van der Waals surface area contributed by atoms with E-state index in [0.29, 0.717) is 48.8 Å². The van der Waals surface area contributed by atoms with Crippen LogP contribution in [-0.4, -0.2) is 49.9 Å². The van der Waals surface area contributed by atoms with Crippen LogP contribution in [0.4, 0.5) is 0 Å². The largest absolute Gasteiger partial charge is 0.489 e. The van der Waals surface area contributed by atoms with E-state index in [4.69, 9.17) is 14.2 Å². The highest BCUT2D eigenvalue weighted by Gasteiger charge is 2.25. The van der Waals surface area contributed by atoms with Gasteiger partial charge in [-0.05, 0) is 66.3 Å². The number of pyridine rings is 1. The van der Waals surface area contributed by atoms with Crippen molar-refractivity contribution in [3.8, 4) is 34.8 Å². The quantitative estimate of drug-likeness (QED) is 0.307. The molecule has 2 aromatic heterocycles. The topological polar surface area (TPSA) is 103 Å². The van der Waals surface area contributed by atoms with E-state index in [9.17, 15) is 13.7 Å². The molecule has 0 spiro atoms. The zero-order valence-electron chi connectivity index (χ0n) is 22.5. The molecule has 0 unspecified atom stereocenters. The fourth-order valence-corrected chi connectivity index (χ4v) is 6.68. The molecule has 0 N–H and O–H groups in total. The summed E-state index contributed by atoms with van der Waals surface area (Å²) in [6.45, 7) is 2.57. The van der Waals surface area contributed by atoms with E-state index in [1.54, 1.807) is 54.7 Å². The van der Waals surface area contributed by atoms with Gasteiger partial charge in [-0.25, -0.2) is 17.4 Å². The summed E-state index contributed by atoms with van der Waals surface area (Å²) in [6, 6.07) is 19.6. The van der Waals surface area contributed by atoms with Gasteiger partial charge in [0.05, 0.1) is 23.7 Å². The molecule has 8 nitrogen and oxygen atoms in total. The number of nitriles is 1. The van der Waals surface area contributed by atoms with Gasteiger partial charge in [0.15, 0.2) is 5.65 Å². The lowest BCUT2D eigenvalue weighted by Gasteiger charge is -2.23. The van der Waals surface area contributed by atoms with Gasteiger partial charge in [0.2, 0.25) is 0 Å². The van der Waals surface area contributed by atoms with Gasteiger partial charge in [-0.2, -0.15) is 5.26 Å². The number of aromatic nitrogens is 2. The van der Waals surface area contributed by atoms with Crippen LogP contribution in [0.5, 0.6) is 5.75 Å². The van der Waals surface area contributed by atoms with E-state index in [-0.39, 0.29) is 22.6 Å². The van der Waals surface area contributed by atoms with Gasteiger partial charge in [0, 0.05) is 43.6 Å². The zero-order chi connectivity index (χ0) is 28.2. The Balaban J connectivity index is 1.46. The molecule has 0 radical (unpaired) electrons. The molecule has 4 heterocycles. The molecule has 41 heavy (non-hydrogen) atoms. The second-order valence-corrected chi connectivity index (χ2v) is 11.9. The molecule has 2 fully saturated rings. The monoisotopic (exact) mass is 567 g/mol. The van der Waals surface area contributed by atoms with Crippen LogP contribution in [0, 0.1) is 29.1 Å². The van der Waals surface area contributed by atoms with Crippen molar-refractivity contribution in [1.29, 1.82) is 5.26 Å². The SMILES string of the molecule is N#Cc1cc(-c2ccnc3c2cc(C#CC2CCOCC2)n3S(=O)(=O)c2ccccc2)ccc1OC1CCOCC1. The second kappa shape index (κ2) is 11.8. The van der Waals surface area contributed by atoms with Crippen LogP contribution in [-0.2, 0) is 19.5 Å². The van der Waals surface area contributed by atoms with Gasteiger partial charge in [-0.15, -0.1) is 0 Å². The van der Waals surface area contributed by atoms with Crippen molar-refractivity contribution >= 4 is 21.1 Å². The molecule has 2 aliphatic rings.